The summed E-state index contributed by atoms with van der Waals surface area (Å²) in [6.07, 6.45) is 0. The molecule has 20 heavy (non-hydrogen) atoms. The van der Waals surface area contributed by atoms with Crippen molar-refractivity contribution < 1.29 is 0 Å². The van der Waals surface area contributed by atoms with Crippen molar-refractivity contribution in [2.75, 3.05) is 0 Å². The van der Waals surface area contributed by atoms with Gasteiger partial charge in [-0.15, -0.1) is 0 Å². The lowest BCUT2D eigenvalue weighted by atomic mass is 10.1. The van der Waals surface area contributed by atoms with E-state index >= 15 is 0 Å². The average molecular weight is 263 g/mol. The van der Waals surface area contributed by atoms with Crippen LogP contribution < -0.4 is 5.73 Å². The molecule has 0 saturated heterocycles. The van der Waals surface area contributed by atoms with Crippen molar-refractivity contribution in [3.63, 3.8) is 0 Å². The molecule has 2 N–H and O–H groups in total. The molecule has 0 spiro atoms. The molecule has 3 rings (SSSR count). The zero-order chi connectivity index (χ0) is 13.9. The Hall–Kier alpha value is -2.39. The van der Waals surface area contributed by atoms with Crippen molar-refractivity contribution in [1.29, 1.82) is 0 Å². The van der Waals surface area contributed by atoms with E-state index in [1.54, 1.807) is 0 Å². The highest BCUT2D eigenvalue weighted by atomic mass is 15.3. The normalized spacial score (nSPS) is 10.7. The summed E-state index contributed by atoms with van der Waals surface area (Å²) in [6.45, 7) is 0.567. The predicted octanol–water partition coefficient (Wildman–Crippen LogP) is 3.21. The van der Waals surface area contributed by atoms with E-state index in [2.05, 4.69) is 35.4 Å². The first-order chi connectivity index (χ1) is 9.78. The maximum absolute atomic E-state index is 5.62. The Labute approximate surface area is 118 Å². The molecule has 1 heterocycles. The summed E-state index contributed by atoms with van der Waals surface area (Å²) in [6, 6.07) is 20.6. The first kappa shape index (κ1) is 12.6. The molecular formula is C17H17N3. The monoisotopic (exact) mass is 263 g/mol. The van der Waals surface area contributed by atoms with E-state index in [4.69, 9.17) is 5.73 Å². The molecular weight excluding hydrogens is 246 g/mol. The third-order valence-corrected chi connectivity index (χ3v) is 3.43. The van der Waals surface area contributed by atoms with Crippen molar-refractivity contribution >= 4 is 0 Å². The molecule has 3 aromatic rings. The quantitative estimate of drug-likeness (QED) is 0.788. The highest BCUT2D eigenvalue weighted by Crippen LogP contribution is 2.25. The van der Waals surface area contributed by atoms with Crippen LogP contribution in [0.5, 0.6) is 0 Å². The number of aryl methyl sites for hydroxylation is 1. The van der Waals surface area contributed by atoms with Gasteiger partial charge in [0, 0.05) is 19.2 Å². The van der Waals surface area contributed by atoms with E-state index in [0.717, 1.165) is 22.5 Å². The van der Waals surface area contributed by atoms with Crippen LogP contribution in [0, 0.1) is 0 Å². The Bertz CT molecular complexity index is 697. The highest BCUT2D eigenvalue weighted by molar-refractivity contribution is 5.68. The van der Waals surface area contributed by atoms with E-state index in [-0.39, 0.29) is 0 Å². The predicted molar refractivity (Wildman–Crippen MR) is 82.0 cm³/mol. The molecule has 2 aromatic carbocycles. The Morgan fingerprint density at radius 2 is 1.65 bits per heavy atom. The molecule has 0 aliphatic heterocycles. The fourth-order valence-corrected chi connectivity index (χ4v) is 2.30. The van der Waals surface area contributed by atoms with Crippen LogP contribution in [-0.2, 0) is 13.6 Å². The van der Waals surface area contributed by atoms with Gasteiger partial charge in [-0.3, -0.25) is 4.68 Å². The number of rotatable bonds is 3. The van der Waals surface area contributed by atoms with Gasteiger partial charge < -0.3 is 5.73 Å². The van der Waals surface area contributed by atoms with Gasteiger partial charge in [-0.1, -0.05) is 54.6 Å². The molecule has 0 unspecified atom stereocenters. The van der Waals surface area contributed by atoms with Crippen LogP contribution in [0.3, 0.4) is 0 Å². The third-order valence-electron chi connectivity index (χ3n) is 3.43. The molecule has 0 atom stereocenters. The average Bonchev–Trinajstić information content (AvgIpc) is 2.90. The van der Waals surface area contributed by atoms with Gasteiger partial charge in [-0.25, -0.2) is 0 Å². The van der Waals surface area contributed by atoms with Crippen LogP contribution in [-0.4, -0.2) is 9.78 Å². The molecule has 1 aromatic heterocycles. The van der Waals surface area contributed by atoms with Crippen LogP contribution in [0.15, 0.2) is 60.7 Å². The smallest absolute Gasteiger partial charge is 0.0929 e. The van der Waals surface area contributed by atoms with Gasteiger partial charge >= 0.3 is 0 Å². The molecule has 0 amide bonds. The van der Waals surface area contributed by atoms with E-state index < -0.39 is 0 Å². The molecule has 0 aliphatic carbocycles. The second kappa shape index (κ2) is 5.31. The number of benzene rings is 2. The summed E-state index contributed by atoms with van der Waals surface area (Å²) in [5.74, 6) is 0. The summed E-state index contributed by atoms with van der Waals surface area (Å²) in [5, 5.41) is 4.60. The Kier molecular flexibility index (Phi) is 3.35. The van der Waals surface area contributed by atoms with Gasteiger partial charge in [0.2, 0.25) is 0 Å². The van der Waals surface area contributed by atoms with E-state index in [0.29, 0.717) is 6.54 Å². The number of nitrogens with zero attached hydrogens (tertiary/aromatic N) is 2. The molecule has 0 bridgehead atoms. The van der Waals surface area contributed by atoms with Gasteiger partial charge in [-0.2, -0.15) is 5.10 Å². The second-order valence-corrected chi connectivity index (χ2v) is 4.81. The van der Waals surface area contributed by atoms with Crippen LogP contribution in [0.25, 0.3) is 22.5 Å². The molecule has 0 fully saturated rings. The van der Waals surface area contributed by atoms with Gasteiger partial charge in [0.15, 0.2) is 0 Å². The summed E-state index contributed by atoms with van der Waals surface area (Å²) in [5.41, 5.74) is 11.1. The first-order valence-electron chi connectivity index (χ1n) is 6.67. The summed E-state index contributed by atoms with van der Waals surface area (Å²) >= 11 is 0. The molecule has 3 heteroatoms. The van der Waals surface area contributed by atoms with Gasteiger partial charge in [0.25, 0.3) is 0 Å². The Morgan fingerprint density at radius 3 is 2.30 bits per heavy atom. The minimum Gasteiger partial charge on any atom is -0.326 e. The molecule has 0 radical (unpaired) electrons. The Balaban J connectivity index is 2.00. The van der Waals surface area contributed by atoms with Crippen molar-refractivity contribution in [2.45, 2.75) is 6.54 Å². The Morgan fingerprint density at radius 1 is 0.950 bits per heavy atom. The van der Waals surface area contributed by atoms with E-state index in [9.17, 15) is 0 Å². The summed E-state index contributed by atoms with van der Waals surface area (Å²) < 4.78 is 1.92. The third kappa shape index (κ3) is 2.36. The zero-order valence-electron chi connectivity index (χ0n) is 11.5. The van der Waals surface area contributed by atoms with Crippen LogP contribution >= 0.6 is 0 Å². The van der Waals surface area contributed by atoms with E-state index in [1.165, 1.54) is 5.56 Å². The number of hydrogen-bond donors (Lipinski definition) is 1. The number of hydrogen-bond acceptors (Lipinski definition) is 2. The lowest BCUT2D eigenvalue weighted by molar-refractivity contribution is 0.779. The maximum atomic E-state index is 5.62. The standard InChI is InChI=1S/C17H17N3/c1-20-17(15-5-3-2-4-6-15)11-16(19-20)14-9-7-13(12-18)8-10-14/h2-11H,12,18H2,1H3. The fraction of sp³-hybridized carbons (Fsp3) is 0.118. The number of nitrogens with two attached hydrogens (primary N) is 1. The van der Waals surface area contributed by atoms with Crippen LogP contribution in [0.2, 0.25) is 0 Å². The van der Waals surface area contributed by atoms with Gasteiger partial charge in [0.05, 0.1) is 11.4 Å². The van der Waals surface area contributed by atoms with Crippen molar-refractivity contribution in [3.05, 3.63) is 66.2 Å². The molecule has 0 saturated carbocycles. The SMILES string of the molecule is Cn1nc(-c2ccc(CN)cc2)cc1-c1ccccc1. The lowest BCUT2D eigenvalue weighted by Crippen LogP contribution is -1.95. The fourth-order valence-electron chi connectivity index (χ4n) is 2.30. The lowest BCUT2D eigenvalue weighted by Gasteiger charge is -1.99. The van der Waals surface area contributed by atoms with Crippen LogP contribution in [0.4, 0.5) is 0 Å². The minimum atomic E-state index is 0.567. The maximum Gasteiger partial charge on any atom is 0.0929 e. The van der Waals surface area contributed by atoms with Gasteiger partial charge in [0.1, 0.15) is 0 Å². The van der Waals surface area contributed by atoms with Crippen LogP contribution in [0.1, 0.15) is 5.56 Å². The van der Waals surface area contributed by atoms with E-state index in [1.807, 2.05) is 42.1 Å². The minimum absolute atomic E-state index is 0.567. The van der Waals surface area contributed by atoms with Gasteiger partial charge in [-0.05, 0) is 17.2 Å². The largest absolute Gasteiger partial charge is 0.326 e. The summed E-state index contributed by atoms with van der Waals surface area (Å²) in [7, 11) is 1.97. The molecule has 3 nitrogen and oxygen atoms in total. The molecule has 0 aliphatic rings. The topological polar surface area (TPSA) is 43.8 Å². The van der Waals surface area contributed by atoms with Crippen molar-refractivity contribution in [2.24, 2.45) is 12.8 Å². The molecule has 100 valence electrons. The number of aromatic nitrogens is 2. The van der Waals surface area contributed by atoms with Crippen molar-refractivity contribution in [1.82, 2.24) is 9.78 Å². The first-order valence-corrected chi connectivity index (χ1v) is 6.67. The second-order valence-electron chi connectivity index (χ2n) is 4.81. The highest BCUT2D eigenvalue weighted by Gasteiger charge is 2.08. The van der Waals surface area contributed by atoms with Crippen molar-refractivity contribution in [3.8, 4) is 22.5 Å². The zero-order valence-corrected chi connectivity index (χ0v) is 11.5. The summed E-state index contributed by atoms with van der Waals surface area (Å²) in [4.78, 5) is 0.